The van der Waals surface area contributed by atoms with Gasteiger partial charge in [-0.25, -0.2) is 8.78 Å². The van der Waals surface area contributed by atoms with Gasteiger partial charge in [0.2, 0.25) is 11.8 Å². The Morgan fingerprint density at radius 3 is 2.42 bits per heavy atom. The lowest BCUT2D eigenvalue weighted by atomic mass is 10.1. The van der Waals surface area contributed by atoms with E-state index in [2.05, 4.69) is 10.6 Å². The van der Waals surface area contributed by atoms with E-state index in [9.17, 15) is 23.2 Å². The Morgan fingerprint density at radius 1 is 1.00 bits per heavy atom. The Morgan fingerprint density at radius 2 is 1.73 bits per heavy atom. The fourth-order valence-corrected chi connectivity index (χ4v) is 3.71. The molecular formula is C24H28F2N4O3. The van der Waals surface area contributed by atoms with Gasteiger partial charge in [-0.2, -0.15) is 0 Å². The molecule has 1 fully saturated rings. The summed E-state index contributed by atoms with van der Waals surface area (Å²) in [6.07, 6.45) is 0.902. The van der Waals surface area contributed by atoms with Crippen LogP contribution in [0.4, 0.5) is 14.5 Å². The molecule has 3 amide bonds. The highest BCUT2D eigenvalue weighted by Gasteiger charge is 2.22. The van der Waals surface area contributed by atoms with Crippen molar-refractivity contribution in [1.82, 2.24) is 15.1 Å². The maximum Gasteiger partial charge on any atom is 0.254 e. The Kier molecular flexibility index (Phi) is 8.48. The molecule has 0 aliphatic carbocycles. The third kappa shape index (κ3) is 6.82. The molecule has 1 saturated heterocycles. The van der Waals surface area contributed by atoms with Crippen molar-refractivity contribution in [2.75, 3.05) is 44.6 Å². The van der Waals surface area contributed by atoms with Gasteiger partial charge in [0.25, 0.3) is 5.91 Å². The standard InChI is InChI=1S/C24H28F2N4O3/c1-2-17-5-3-4-6-21(17)28-22(31)16-29-11-13-30(14-12-29)23(32)9-10-27-24(33)19-8-7-18(25)15-20(19)26/h3-8,15H,2,9-14,16H2,1H3,(H,27,33)(H,28,31). The second-order valence-electron chi connectivity index (χ2n) is 7.85. The molecular weight excluding hydrogens is 430 g/mol. The highest BCUT2D eigenvalue weighted by molar-refractivity contribution is 5.94. The van der Waals surface area contributed by atoms with Crippen LogP contribution in [0.2, 0.25) is 0 Å². The highest BCUT2D eigenvalue weighted by atomic mass is 19.1. The summed E-state index contributed by atoms with van der Waals surface area (Å²) in [7, 11) is 0. The zero-order valence-corrected chi connectivity index (χ0v) is 18.6. The minimum atomic E-state index is -0.947. The van der Waals surface area contributed by atoms with Crippen LogP contribution in [-0.2, 0) is 16.0 Å². The van der Waals surface area contributed by atoms with Gasteiger partial charge >= 0.3 is 0 Å². The highest BCUT2D eigenvalue weighted by Crippen LogP contribution is 2.15. The molecule has 0 saturated carbocycles. The molecule has 1 heterocycles. The van der Waals surface area contributed by atoms with Crippen LogP contribution < -0.4 is 10.6 Å². The number of halogens is 2. The topological polar surface area (TPSA) is 81.8 Å². The number of aryl methyl sites for hydroxylation is 1. The number of hydrogen-bond acceptors (Lipinski definition) is 4. The fourth-order valence-electron chi connectivity index (χ4n) is 3.71. The average molecular weight is 459 g/mol. The molecule has 33 heavy (non-hydrogen) atoms. The first-order valence-electron chi connectivity index (χ1n) is 11.0. The molecule has 3 rings (SSSR count). The van der Waals surface area contributed by atoms with E-state index >= 15 is 0 Å². The van der Waals surface area contributed by atoms with Crippen LogP contribution in [0.15, 0.2) is 42.5 Å². The number of nitrogens with zero attached hydrogens (tertiary/aromatic N) is 2. The summed E-state index contributed by atoms with van der Waals surface area (Å²) in [5, 5.41) is 5.44. The number of hydrogen-bond donors (Lipinski definition) is 2. The third-order valence-electron chi connectivity index (χ3n) is 5.56. The van der Waals surface area contributed by atoms with E-state index in [0.717, 1.165) is 29.8 Å². The lowest BCUT2D eigenvalue weighted by Gasteiger charge is -2.34. The van der Waals surface area contributed by atoms with Crippen LogP contribution >= 0.6 is 0 Å². The van der Waals surface area contributed by atoms with Gasteiger partial charge in [-0.15, -0.1) is 0 Å². The molecule has 0 spiro atoms. The SMILES string of the molecule is CCc1ccccc1NC(=O)CN1CCN(C(=O)CCNC(=O)c2ccc(F)cc2F)CC1. The molecule has 2 aromatic rings. The molecule has 0 aromatic heterocycles. The summed E-state index contributed by atoms with van der Waals surface area (Å²) in [5.41, 5.74) is 1.63. The number of rotatable bonds is 8. The second-order valence-corrected chi connectivity index (χ2v) is 7.85. The van der Waals surface area contributed by atoms with Gasteiger partial charge in [-0.05, 0) is 30.2 Å². The van der Waals surface area contributed by atoms with Gasteiger partial charge < -0.3 is 15.5 Å². The van der Waals surface area contributed by atoms with Crippen molar-refractivity contribution < 1.29 is 23.2 Å². The lowest BCUT2D eigenvalue weighted by molar-refractivity contribution is -0.132. The number of nitrogens with one attached hydrogen (secondary N) is 2. The van der Waals surface area contributed by atoms with Gasteiger partial charge in [0, 0.05) is 50.9 Å². The van der Waals surface area contributed by atoms with Gasteiger partial charge in [0.1, 0.15) is 11.6 Å². The minimum absolute atomic E-state index is 0.0495. The van der Waals surface area contributed by atoms with Gasteiger partial charge in [0.15, 0.2) is 0 Å². The van der Waals surface area contributed by atoms with Crippen LogP contribution in [0.25, 0.3) is 0 Å². The van der Waals surface area contributed by atoms with Crippen LogP contribution in [0.5, 0.6) is 0 Å². The lowest BCUT2D eigenvalue weighted by Crippen LogP contribution is -2.50. The number of para-hydroxylation sites is 1. The molecule has 0 bridgehead atoms. The monoisotopic (exact) mass is 458 g/mol. The molecule has 9 heteroatoms. The Bertz CT molecular complexity index is 1010. The molecule has 176 valence electrons. The van der Waals surface area contributed by atoms with Crippen molar-refractivity contribution in [3.05, 3.63) is 65.2 Å². The summed E-state index contributed by atoms with van der Waals surface area (Å²) in [5.74, 6) is -2.62. The predicted molar refractivity (Wildman–Crippen MR) is 121 cm³/mol. The van der Waals surface area contributed by atoms with E-state index in [1.807, 2.05) is 36.1 Å². The largest absolute Gasteiger partial charge is 0.351 e. The first-order chi connectivity index (χ1) is 15.9. The normalized spacial score (nSPS) is 14.1. The maximum atomic E-state index is 13.7. The van der Waals surface area contributed by atoms with Crippen molar-refractivity contribution in [1.29, 1.82) is 0 Å². The molecule has 2 aromatic carbocycles. The van der Waals surface area contributed by atoms with E-state index < -0.39 is 17.5 Å². The van der Waals surface area contributed by atoms with Gasteiger partial charge in [-0.3, -0.25) is 19.3 Å². The Hall–Kier alpha value is -3.33. The van der Waals surface area contributed by atoms with Crippen molar-refractivity contribution >= 4 is 23.4 Å². The number of amides is 3. The summed E-state index contributed by atoms with van der Waals surface area (Å²) < 4.78 is 26.6. The van der Waals surface area contributed by atoms with E-state index in [1.165, 1.54) is 0 Å². The molecule has 1 aliphatic rings. The number of benzene rings is 2. The quantitative estimate of drug-likeness (QED) is 0.637. The summed E-state index contributed by atoms with van der Waals surface area (Å²) in [4.78, 5) is 40.5. The zero-order valence-electron chi connectivity index (χ0n) is 18.6. The van der Waals surface area contributed by atoms with E-state index in [4.69, 9.17) is 0 Å². The molecule has 7 nitrogen and oxygen atoms in total. The van der Waals surface area contributed by atoms with Crippen molar-refractivity contribution in [2.45, 2.75) is 19.8 Å². The Balaban J connectivity index is 1.38. The third-order valence-corrected chi connectivity index (χ3v) is 5.56. The average Bonchev–Trinajstić information content (AvgIpc) is 2.79. The zero-order chi connectivity index (χ0) is 23.8. The van der Waals surface area contributed by atoms with Crippen LogP contribution in [0, 0.1) is 11.6 Å². The molecule has 2 N–H and O–H groups in total. The van der Waals surface area contributed by atoms with Crippen LogP contribution in [-0.4, -0.2) is 66.8 Å². The summed E-state index contributed by atoms with van der Waals surface area (Å²) >= 11 is 0. The first kappa shape index (κ1) is 24.3. The fraction of sp³-hybridized carbons (Fsp3) is 0.375. The van der Waals surface area contributed by atoms with Crippen LogP contribution in [0.1, 0.15) is 29.3 Å². The van der Waals surface area contributed by atoms with Crippen molar-refractivity contribution in [2.24, 2.45) is 0 Å². The number of carbonyl (C=O) groups is 3. The number of carbonyl (C=O) groups excluding carboxylic acids is 3. The summed E-state index contributed by atoms with van der Waals surface area (Å²) in [6, 6.07) is 10.4. The van der Waals surface area contributed by atoms with E-state index in [-0.39, 0.29) is 36.9 Å². The van der Waals surface area contributed by atoms with Crippen molar-refractivity contribution in [3.63, 3.8) is 0 Å². The molecule has 0 unspecified atom stereocenters. The smallest absolute Gasteiger partial charge is 0.254 e. The number of anilines is 1. The van der Waals surface area contributed by atoms with Crippen LogP contribution in [0.3, 0.4) is 0 Å². The minimum Gasteiger partial charge on any atom is -0.351 e. The Labute approximate surface area is 191 Å². The predicted octanol–water partition coefficient (Wildman–Crippen LogP) is 2.43. The maximum absolute atomic E-state index is 13.7. The number of piperazine rings is 1. The summed E-state index contributed by atoms with van der Waals surface area (Å²) in [6.45, 7) is 4.45. The van der Waals surface area contributed by atoms with Crippen molar-refractivity contribution in [3.8, 4) is 0 Å². The van der Waals surface area contributed by atoms with Gasteiger partial charge in [-0.1, -0.05) is 25.1 Å². The van der Waals surface area contributed by atoms with Gasteiger partial charge in [0.05, 0.1) is 12.1 Å². The van der Waals surface area contributed by atoms with E-state index in [0.29, 0.717) is 32.2 Å². The molecule has 0 radical (unpaired) electrons. The second kappa shape index (κ2) is 11.5. The van der Waals surface area contributed by atoms with E-state index in [1.54, 1.807) is 4.90 Å². The molecule has 1 aliphatic heterocycles. The first-order valence-corrected chi connectivity index (χ1v) is 11.0. The molecule has 0 atom stereocenters.